The van der Waals surface area contributed by atoms with Crippen molar-refractivity contribution in [1.29, 1.82) is 0 Å². The van der Waals surface area contributed by atoms with Crippen LogP contribution in [0, 0.1) is 11.7 Å². The molecule has 3 nitrogen and oxygen atoms in total. The summed E-state index contributed by atoms with van der Waals surface area (Å²) < 4.78 is 19.1. The Morgan fingerprint density at radius 1 is 1.39 bits per heavy atom. The summed E-state index contributed by atoms with van der Waals surface area (Å²) in [6.07, 6.45) is 6.76. The molecule has 124 valence electrons. The van der Waals surface area contributed by atoms with Crippen LogP contribution in [0.15, 0.2) is 36.4 Å². The first-order valence-corrected chi connectivity index (χ1v) is 8.24. The van der Waals surface area contributed by atoms with Crippen LogP contribution < -0.4 is 0 Å². The lowest BCUT2D eigenvalue weighted by Crippen LogP contribution is -2.26. The van der Waals surface area contributed by atoms with Gasteiger partial charge in [0.2, 0.25) is 0 Å². The second kappa shape index (κ2) is 8.61. The van der Waals surface area contributed by atoms with Crippen molar-refractivity contribution >= 4 is 11.8 Å². The Kier molecular flexibility index (Phi) is 6.51. The lowest BCUT2D eigenvalue weighted by molar-refractivity contribution is -0.137. The van der Waals surface area contributed by atoms with Crippen LogP contribution in [0.3, 0.4) is 0 Å². The van der Waals surface area contributed by atoms with E-state index in [0.717, 1.165) is 19.3 Å². The molecular formula is C19H23FO3. The predicted octanol–water partition coefficient (Wildman–Crippen LogP) is 4.18. The Hall–Kier alpha value is -1.97. The van der Waals surface area contributed by atoms with E-state index >= 15 is 0 Å². The molecule has 0 aliphatic heterocycles. The molecule has 0 bridgehead atoms. The smallest absolute Gasteiger partial charge is 0.330 e. The summed E-state index contributed by atoms with van der Waals surface area (Å²) in [5.74, 6) is -0.897. The Bertz CT molecular complexity index is 580. The number of hydrogen-bond acceptors (Lipinski definition) is 3. The zero-order valence-corrected chi connectivity index (χ0v) is 13.5. The molecule has 0 radical (unpaired) electrons. The van der Waals surface area contributed by atoms with Crippen molar-refractivity contribution in [3.63, 3.8) is 0 Å². The van der Waals surface area contributed by atoms with E-state index in [-0.39, 0.29) is 23.4 Å². The van der Waals surface area contributed by atoms with Crippen molar-refractivity contribution < 1.29 is 18.7 Å². The molecule has 4 heteroatoms. The van der Waals surface area contributed by atoms with E-state index in [1.807, 2.05) is 0 Å². The van der Waals surface area contributed by atoms with Crippen LogP contribution in [0.1, 0.15) is 50.5 Å². The monoisotopic (exact) mass is 318 g/mol. The normalized spacial score (nSPS) is 19.7. The van der Waals surface area contributed by atoms with Crippen LogP contribution in [0.5, 0.6) is 0 Å². The highest BCUT2D eigenvalue weighted by Crippen LogP contribution is 2.37. The molecule has 0 saturated heterocycles. The van der Waals surface area contributed by atoms with Gasteiger partial charge >= 0.3 is 5.97 Å². The highest BCUT2D eigenvalue weighted by Gasteiger charge is 2.31. The molecule has 1 aliphatic carbocycles. The molecule has 1 aliphatic rings. The van der Waals surface area contributed by atoms with E-state index in [1.54, 1.807) is 31.2 Å². The summed E-state index contributed by atoms with van der Waals surface area (Å²) in [6.45, 7) is 2.07. The van der Waals surface area contributed by atoms with E-state index in [9.17, 15) is 14.0 Å². The fourth-order valence-corrected chi connectivity index (χ4v) is 3.22. The number of benzene rings is 1. The van der Waals surface area contributed by atoms with E-state index in [4.69, 9.17) is 4.74 Å². The quantitative estimate of drug-likeness (QED) is 0.584. The molecule has 2 rings (SSSR count). The number of halogens is 1. The SMILES string of the molecule is CCOC(=O)/C=C/C[C@@H](c1ccccc1F)[C@@H]1CCCCC1=O. The van der Waals surface area contributed by atoms with Crippen molar-refractivity contribution in [2.75, 3.05) is 6.61 Å². The number of esters is 1. The standard InChI is InChI=1S/C19H23FO3/c1-2-23-19(22)13-7-10-14(15-8-3-5-11-17(15)20)16-9-4-6-12-18(16)21/h3,5,7-8,11,13-14,16H,2,4,6,9-10,12H2,1H3/b13-7+/t14-,16-/m0/s1. The van der Waals surface area contributed by atoms with Crippen LogP contribution in [0.4, 0.5) is 4.39 Å². The fraction of sp³-hybridized carbons (Fsp3) is 0.474. The van der Waals surface area contributed by atoms with Gasteiger partial charge in [-0.15, -0.1) is 0 Å². The molecule has 1 fully saturated rings. The number of allylic oxidation sites excluding steroid dienone is 1. The average molecular weight is 318 g/mol. The molecule has 0 N–H and O–H groups in total. The molecule has 1 aromatic carbocycles. The zero-order valence-electron chi connectivity index (χ0n) is 13.5. The number of ketones is 1. The van der Waals surface area contributed by atoms with Crippen molar-refractivity contribution in [3.05, 3.63) is 47.8 Å². The van der Waals surface area contributed by atoms with Gasteiger partial charge in [-0.3, -0.25) is 4.79 Å². The largest absolute Gasteiger partial charge is 0.463 e. The van der Waals surface area contributed by atoms with Gasteiger partial charge in [0.05, 0.1) is 6.61 Å². The predicted molar refractivity (Wildman–Crippen MR) is 86.5 cm³/mol. The number of Topliss-reactive ketones (excluding diaryl/α,β-unsaturated/α-hetero) is 1. The maximum atomic E-state index is 14.2. The molecule has 0 amide bonds. The highest BCUT2D eigenvalue weighted by atomic mass is 19.1. The molecule has 23 heavy (non-hydrogen) atoms. The first kappa shape index (κ1) is 17.4. The Balaban J connectivity index is 2.19. The number of carbonyl (C=O) groups excluding carboxylic acids is 2. The maximum absolute atomic E-state index is 14.2. The summed E-state index contributed by atoms with van der Waals surface area (Å²) in [4.78, 5) is 23.7. The van der Waals surface area contributed by atoms with Crippen molar-refractivity contribution in [1.82, 2.24) is 0 Å². The second-order valence-electron chi connectivity index (χ2n) is 5.84. The minimum absolute atomic E-state index is 0.174. The number of rotatable bonds is 6. The van der Waals surface area contributed by atoms with Crippen LogP contribution in [0.2, 0.25) is 0 Å². The summed E-state index contributed by atoms with van der Waals surface area (Å²) in [7, 11) is 0. The van der Waals surface area contributed by atoms with Gasteiger partial charge in [-0.25, -0.2) is 9.18 Å². The molecule has 0 unspecified atom stereocenters. The third-order valence-corrected chi connectivity index (χ3v) is 4.32. The van der Waals surface area contributed by atoms with Gasteiger partial charge in [-0.1, -0.05) is 30.7 Å². The summed E-state index contributed by atoms with van der Waals surface area (Å²) in [5.41, 5.74) is 0.557. The topological polar surface area (TPSA) is 43.4 Å². The highest BCUT2D eigenvalue weighted by molar-refractivity contribution is 5.83. The minimum Gasteiger partial charge on any atom is -0.463 e. The lowest BCUT2D eigenvalue weighted by atomic mass is 9.74. The molecule has 0 spiro atoms. The van der Waals surface area contributed by atoms with E-state index in [2.05, 4.69) is 0 Å². The van der Waals surface area contributed by atoms with E-state index in [1.165, 1.54) is 12.1 Å². The number of ether oxygens (including phenoxy) is 1. The van der Waals surface area contributed by atoms with Gasteiger partial charge in [0, 0.05) is 18.4 Å². The maximum Gasteiger partial charge on any atom is 0.330 e. The van der Waals surface area contributed by atoms with Gasteiger partial charge in [0.1, 0.15) is 11.6 Å². The van der Waals surface area contributed by atoms with Crippen molar-refractivity contribution in [2.45, 2.75) is 44.9 Å². The zero-order chi connectivity index (χ0) is 16.7. The Morgan fingerprint density at radius 2 is 2.17 bits per heavy atom. The Morgan fingerprint density at radius 3 is 2.87 bits per heavy atom. The second-order valence-corrected chi connectivity index (χ2v) is 5.84. The number of carbonyl (C=O) groups is 2. The summed E-state index contributed by atoms with van der Waals surface area (Å²) in [6, 6.07) is 6.59. The van der Waals surface area contributed by atoms with Crippen molar-refractivity contribution in [2.24, 2.45) is 5.92 Å². The molecule has 2 atom stereocenters. The number of hydrogen-bond donors (Lipinski definition) is 0. The van der Waals surface area contributed by atoms with Gasteiger partial charge in [-0.05, 0) is 43.7 Å². The van der Waals surface area contributed by atoms with Gasteiger partial charge in [0.15, 0.2) is 0 Å². The van der Waals surface area contributed by atoms with E-state index < -0.39 is 5.97 Å². The summed E-state index contributed by atoms with van der Waals surface area (Å²) >= 11 is 0. The average Bonchev–Trinajstić information content (AvgIpc) is 2.54. The Labute approximate surface area is 136 Å². The first-order valence-electron chi connectivity index (χ1n) is 8.24. The molecule has 1 saturated carbocycles. The molecule has 1 aromatic rings. The van der Waals surface area contributed by atoms with Crippen LogP contribution in [-0.2, 0) is 14.3 Å². The van der Waals surface area contributed by atoms with Crippen LogP contribution in [0.25, 0.3) is 0 Å². The molecule has 0 heterocycles. The third-order valence-electron chi connectivity index (χ3n) is 4.32. The lowest BCUT2D eigenvalue weighted by Gasteiger charge is -2.29. The van der Waals surface area contributed by atoms with Crippen molar-refractivity contribution in [3.8, 4) is 0 Å². The van der Waals surface area contributed by atoms with E-state index in [0.29, 0.717) is 25.0 Å². The fourth-order valence-electron chi connectivity index (χ4n) is 3.22. The summed E-state index contributed by atoms with van der Waals surface area (Å²) in [5, 5.41) is 0. The molecular weight excluding hydrogens is 295 g/mol. The van der Waals surface area contributed by atoms with Crippen LogP contribution >= 0.6 is 0 Å². The first-order chi connectivity index (χ1) is 11.1. The van der Waals surface area contributed by atoms with Gasteiger partial charge in [-0.2, -0.15) is 0 Å². The minimum atomic E-state index is -0.408. The van der Waals surface area contributed by atoms with Crippen LogP contribution in [-0.4, -0.2) is 18.4 Å². The van der Waals surface area contributed by atoms with Gasteiger partial charge in [0.25, 0.3) is 0 Å². The third kappa shape index (κ3) is 4.75. The molecule has 0 aromatic heterocycles. The van der Waals surface area contributed by atoms with Gasteiger partial charge < -0.3 is 4.74 Å².